The monoisotopic (exact) mass is 393 g/mol. The van der Waals surface area contributed by atoms with Crippen LogP contribution in [0.3, 0.4) is 0 Å². The van der Waals surface area contributed by atoms with E-state index in [-0.39, 0.29) is 17.6 Å². The molecule has 0 aliphatic carbocycles. The fraction of sp³-hybridized carbons (Fsp3) is 0.364. The lowest BCUT2D eigenvalue weighted by Crippen LogP contribution is -2.43. The van der Waals surface area contributed by atoms with Crippen LogP contribution in [0.4, 0.5) is 10.1 Å². The van der Waals surface area contributed by atoms with Crippen LogP contribution in [0, 0.1) is 25.6 Å². The summed E-state index contributed by atoms with van der Waals surface area (Å²) in [6, 6.07) is 8.29. The summed E-state index contributed by atoms with van der Waals surface area (Å²) < 4.78 is 13.3. The van der Waals surface area contributed by atoms with Crippen molar-refractivity contribution in [3.05, 3.63) is 59.3 Å². The van der Waals surface area contributed by atoms with Crippen LogP contribution < -0.4 is 10.2 Å². The number of pyridine rings is 1. The van der Waals surface area contributed by atoms with E-state index in [4.69, 9.17) is 0 Å². The highest BCUT2D eigenvalue weighted by atomic mass is 19.1. The maximum absolute atomic E-state index is 13.3. The second-order valence-electron chi connectivity index (χ2n) is 7.56. The van der Waals surface area contributed by atoms with Crippen molar-refractivity contribution in [2.75, 3.05) is 18.0 Å². The molecule has 3 aromatic rings. The van der Waals surface area contributed by atoms with Crippen LogP contribution in [-0.4, -0.2) is 33.9 Å². The zero-order valence-corrected chi connectivity index (χ0v) is 16.7. The van der Waals surface area contributed by atoms with E-state index in [2.05, 4.69) is 25.2 Å². The molecule has 6 nitrogen and oxygen atoms in total. The third-order valence-electron chi connectivity index (χ3n) is 5.43. The van der Waals surface area contributed by atoms with Crippen molar-refractivity contribution in [3.63, 3.8) is 0 Å². The van der Waals surface area contributed by atoms with Crippen LogP contribution in [0.2, 0.25) is 0 Å². The van der Waals surface area contributed by atoms with Gasteiger partial charge in [-0.15, -0.1) is 0 Å². The highest BCUT2D eigenvalue weighted by Gasteiger charge is 2.26. The Bertz CT molecular complexity index is 1050. The highest BCUT2D eigenvalue weighted by Crippen LogP contribution is 2.25. The number of carbonyl (C=O) groups excluding carboxylic acids is 1. The molecule has 1 aliphatic rings. The van der Waals surface area contributed by atoms with Crippen LogP contribution in [0.5, 0.6) is 0 Å². The average molecular weight is 393 g/mol. The molecule has 7 heteroatoms. The van der Waals surface area contributed by atoms with E-state index in [1.165, 1.54) is 12.1 Å². The smallest absolute Gasteiger partial charge is 0.225 e. The summed E-state index contributed by atoms with van der Waals surface area (Å²) in [5, 5.41) is 2.94. The van der Waals surface area contributed by atoms with Gasteiger partial charge in [0.15, 0.2) is 5.65 Å². The molecule has 3 heterocycles. The Morgan fingerprint density at radius 1 is 1.24 bits per heavy atom. The van der Waals surface area contributed by atoms with Crippen molar-refractivity contribution < 1.29 is 9.18 Å². The van der Waals surface area contributed by atoms with E-state index in [1.54, 1.807) is 12.3 Å². The van der Waals surface area contributed by atoms with E-state index in [0.717, 1.165) is 47.5 Å². The normalized spacial score (nSPS) is 16.8. The van der Waals surface area contributed by atoms with Gasteiger partial charge in [-0.1, -0.05) is 12.1 Å². The van der Waals surface area contributed by atoms with Gasteiger partial charge in [0, 0.05) is 19.6 Å². The van der Waals surface area contributed by atoms with Crippen molar-refractivity contribution in [1.29, 1.82) is 0 Å². The van der Waals surface area contributed by atoms with Crippen molar-refractivity contribution >= 4 is 22.8 Å². The van der Waals surface area contributed by atoms with Gasteiger partial charge in [-0.05, 0) is 50.5 Å². The van der Waals surface area contributed by atoms with Gasteiger partial charge in [0.2, 0.25) is 5.91 Å². The molecule has 1 fully saturated rings. The average Bonchev–Trinajstić information content (AvgIpc) is 2.73. The molecule has 1 saturated heterocycles. The van der Waals surface area contributed by atoms with Crippen molar-refractivity contribution in [2.45, 2.75) is 33.2 Å². The summed E-state index contributed by atoms with van der Waals surface area (Å²) in [5.74, 6) is -0.407. The van der Waals surface area contributed by atoms with Gasteiger partial charge >= 0.3 is 0 Å². The fourth-order valence-electron chi connectivity index (χ4n) is 3.68. The number of halogens is 1. The number of aromatic nitrogens is 3. The molecule has 0 spiro atoms. The van der Waals surface area contributed by atoms with E-state index in [1.807, 2.05) is 26.0 Å². The topological polar surface area (TPSA) is 71.0 Å². The standard InChI is InChI=1S/C22H24FN5O/c1-14-15(2)27-21-20(26-14)10-19(12-24-21)28-8-4-6-17(13-28)22(29)25-11-16-5-3-7-18(23)9-16/h3,5,7,9-10,12,17H,4,6,8,11,13H2,1-2H3,(H,25,29)/t17-/m1/s1. The second kappa shape index (κ2) is 8.11. The molecule has 0 unspecified atom stereocenters. The molecule has 0 saturated carbocycles. The molecule has 29 heavy (non-hydrogen) atoms. The largest absolute Gasteiger partial charge is 0.369 e. The molecule has 0 radical (unpaired) electrons. The van der Waals surface area contributed by atoms with Crippen molar-refractivity contribution in [2.24, 2.45) is 5.92 Å². The SMILES string of the molecule is Cc1nc2cc(N3CCC[C@@H](C(=O)NCc4cccc(F)c4)C3)cnc2nc1C. The number of piperidine rings is 1. The summed E-state index contributed by atoms with van der Waals surface area (Å²) >= 11 is 0. The van der Waals surface area contributed by atoms with Crippen molar-refractivity contribution in [1.82, 2.24) is 20.3 Å². The predicted octanol–water partition coefficient (Wildman–Crippen LogP) is 3.31. The van der Waals surface area contributed by atoms with Gasteiger partial charge in [-0.25, -0.2) is 19.3 Å². The molecule has 4 rings (SSSR count). The number of amides is 1. The molecule has 150 valence electrons. The number of aryl methyl sites for hydroxylation is 2. The van der Waals surface area contributed by atoms with Crippen LogP contribution in [0.25, 0.3) is 11.2 Å². The number of rotatable bonds is 4. The van der Waals surface area contributed by atoms with Crippen LogP contribution in [0.15, 0.2) is 36.5 Å². The van der Waals surface area contributed by atoms with Gasteiger partial charge in [0.05, 0.1) is 29.2 Å². The molecule has 2 aromatic heterocycles. The number of hydrogen-bond acceptors (Lipinski definition) is 5. The zero-order valence-electron chi connectivity index (χ0n) is 16.7. The lowest BCUT2D eigenvalue weighted by Gasteiger charge is -2.33. The molecule has 1 amide bonds. The fourth-order valence-corrected chi connectivity index (χ4v) is 3.68. The maximum atomic E-state index is 13.3. The van der Waals surface area contributed by atoms with Gasteiger partial charge in [0.1, 0.15) is 11.3 Å². The Labute approximate surface area is 169 Å². The minimum absolute atomic E-state index is 0.000953. The number of fused-ring (bicyclic) bond motifs is 1. The molecular formula is C22H24FN5O. The second-order valence-corrected chi connectivity index (χ2v) is 7.56. The highest BCUT2D eigenvalue weighted by molar-refractivity contribution is 5.80. The van der Waals surface area contributed by atoms with Gasteiger partial charge in [-0.3, -0.25) is 4.79 Å². The Morgan fingerprint density at radius 2 is 2.07 bits per heavy atom. The number of hydrogen-bond donors (Lipinski definition) is 1. The molecule has 1 aliphatic heterocycles. The summed E-state index contributed by atoms with van der Waals surface area (Å²) in [4.78, 5) is 28.4. The predicted molar refractivity (Wildman–Crippen MR) is 110 cm³/mol. The van der Waals surface area contributed by atoms with Crippen LogP contribution in [-0.2, 0) is 11.3 Å². The number of benzene rings is 1. The molecule has 1 aromatic carbocycles. The first-order chi connectivity index (χ1) is 14.0. The Hall–Kier alpha value is -3.09. The minimum atomic E-state index is -0.294. The van der Waals surface area contributed by atoms with Gasteiger partial charge < -0.3 is 10.2 Å². The molecule has 1 N–H and O–H groups in total. The van der Waals surface area contributed by atoms with Gasteiger partial charge in [-0.2, -0.15) is 0 Å². The summed E-state index contributed by atoms with van der Waals surface area (Å²) in [5.41, 5.74) is 4.89. The first-order valence-electron chi connectivity index (χ1n) is 9.88. The number of nitrogens with one attached hydrogen (secondary N) is 1. The number of nitrogens with zero attached hydrogens (tertiary/aromatic N) is 4. The lowest BCUT2D eigenvalue weighted by molar-refractivity contribution is -0.125. The van der Waals surface area contributed by atoms with E-state index < -0.39 is 0 Å². The first kappa shape index (κ1) is 19.2. The lowest BCUT2D eigenvalue weighted by atomic mass is 9.96. The molecular weight excluding hydrogens is 369 g/mol. The van der Waals surface area contributed by atoms with Crippen LogP contribution in [0.1, 0.15) is 29.8 Å². The van der Waals surface area contributed by atoms with Crippen molar-refractivity contribution in [3.8, 4) is 0 Å². The van der Waals surface area contributed by atoms with Crippen LogP contribution >= 0.6 is 0 Å². The van der Waals surface area contributed by atoms with E-state index >= 15 is 0 Å². The third kappa shape index (κ3) is 4.34. The first-order valence-corrected chi connectivity index (χ1v) is 9.88. The number of carbonyl (C=O) groups is 1. The third-order valence-corrected chi connectivity index (χ3v) is 5.43. The Morgan fingerprint density at radius 3 is 2.90 bits per heavy atom. The maximum Gasteiger partial charge on any atom is 0.225 e. The summed E-state index contributed by atoms with van der Waals surface area (Å²) in [6.07, 6.45) is 3.57. The quantitative estimate of drug-likeness (QED) is 0.736. The summed E-state index contributed by atoms with van der Waals surface area (Å²) in [6.45, 7) is 5.70. The Kier molecular flexibility index (Phi) is 5.38. The van der Waals surface area contributed by atoms with E-state index in [9.17, 15) is 9.18 Å². The molecule has 0 bridgehead atoms. The number of anilines is 1. The van der Waals surface area contributed by atoms with E-state index in [0.29, 0.717) is 18.7 Å². The van der Waals surface area contributed by atoms with Gasteiger partial charge in [0.25, 0.3) is 0 Å². The zero-order chi connectivity index (χ0) is 20.4. The molecule has 1 atom stereocenters. The minimum Gasteiger partial charge on any atom is -0.369 e. The summed E-state index contributed by atoms with van der Waals surface area (Å²) in [7, 11) is 0. The Balaban J connectivity index is 1.44.